The summed E-state index contributed by atoms with van der Waals surface area (Å²) in [7, 11) is 0. The van der Waals surface area contributed by atoms with Crippen LogP contribution < -0.4 is 0 Å². The number of carbonyl (C=O) groups excluding carboxylic acids is 1. The van der Waals surface area contributed by atoms with E-state index in [2.05, 4.69) is 24.1 Å². The highest BCUT2D eigenvalue weighted by Gasteiger charge is 2.61. The fourth-order valence-corrected chi connectivity index (χ4v) is 3.63. The van der Waals surface area contributed by atoms with Crippen molar-refractivity contribution in [1.82, 2.24) is 0 Å². The van der Waals surface area contributed by atoms with E-state index in [9.17, 15) is 9.90 Å². The monoisotopic (exact) mass is 284 g/mol. The minimum absolute atomic E-state index is 0.0767. The molecule has 110 valence electrons. The summed E-state index contributed by atoms with van der Waals surface area (Å²) in [6.07, 6.45) is 1.61. The molecule has 0 spiro atoms. The smallest absolute Gasteiger partial charge is 0.190 e. The predicted octanol–water partition coefficient (Wildman–Crippen LogP) is 4.57. The lowest BCUT2D eigenvalue weighted by Crippen LogP contribution is -2.43. The topological polar surface area (TPSA) is 62.0 Å². The largest absolute Gasteiger partial charge is 0.509 e. The Morgan fingerprint density at radius 1 is 1.14 bits per heavy atom. The fraction of sp³-hybridized carbons (Fsp3) is 0.471. The van der Waals surface area contributed by atoms with Gasteiger partial charge in [0.05, 0.1) is 5.69 Å². The Labute approximate surface area is 124 Å². The molecule has 0 heterocycles. The Morgan fingerprint density at radius 2 is 1.81 bits per heavy atom. The molecule has 2 unspecified atom stereocenters. The lowest BCUT2D eigenvalue weighted by Gasteiger charge is -2.44. The highest BCUT2D eigenvalue weighted by molar-refractivity contribution is 5.99. The van der Waals surface area contributed by atoms with Gasteiger partial charge in [-0.05, 0) is 30.4 Å². The van der Waals surface area contributed by atoms with Crippen molar-refractivity contribution in [2.75, 3.05) is 0 Å². The second-order valence-electron chi connectivity index (χ2n) is 6.74. The molecule has 3 rings (SSSR count). The third kappa shape index (κ3) is 1.85. The summed E-state index contributed by atoms with van der Waals surface area (Å²) in [6.45, 7) is 6.14. The molecule has 2 atom stereocenters. The third-order valence-corrected chi connectivity index (χ3v) is 5.54. The Balaban J connectivity index is 2.03. The van der Waals surface area contributed by atoms with E-state index < -0.39 is 5.41 Å². The van der Waals surface area contributed by atoms with E-state index in [-0.39, 0.29) is 28.6 Å². The first-order valence-electron chi connectivity index (χ1n) is 7.32. The van der Waals surface area contributed by atoms with Crippen LogP contribution in [-0.2, 0) is 4.79 Å². The summed E-state index contributed by atoms with van der Waals surface area (Å²) < 4.78 is 0. The van der Waals surface area contributed by atoms with Gasteiger partial charge < -0.3 is 5.11 Å². The SMILES string of the molecule is CC12CCC(C(=O)C(N=Nc3ccccc3)=C1O)C2(C)C. The summed E-state index contributed by atoms with van der Waals surface area (Å²) in [6, 6.07) is 9.24. The molecule has 2 bridgehead atoms. The molecule has 4 nitrogen and oxygen atoms in total. The first-order valence-corrected chi connectivity index (χ1v) is 7.32. The number of nitrogens with zero attached hydrogens (tertiary/aromatic N) is 2. The zero-order valence-corrected chi connectivity index (χ0v) is 12.6. The number of ketones is 1. The van der Waals surface area contributed by atoms with Gasteiger partial charge in [0.15, 0.2) is 11.5 Å². The van der Waals surface area contributed by atoms with Crippen LogP contribution >= 0.6 is 0 Å². The Kier molecular flexibility index (Phi) is 3.01. The van der Waals surface area contributed by atoms with Crippen molar-refractivity contribution in [1.29, 1.82) is 0 Å². The third-order valence-electron chi connectivity index (χ3n) is 5.54. The summed E-state index contributed by atoms with van der Waals surface area (Å²) in [5.74, 6) is -0.0544. The number of hydrogen-bond acceptors (Lipinski definition) is 4. The van der Waals surface area contributed by atoms with Gasteiger partial charge in [-0.3, -0.25) is 4.79 Å². The van der Waals surface area contributed by atoms with Crippen LogP contribution in [0, 0.1) is 16.7 Å². The second-order valence-corrected chi connectivity index (χ2v) is 6.74. The van der Waals surface area contributed by atoms with Gasteiger partial charge in [0, 0.05) is 11.3 Å². The van der Waals surface area contributed by atoms with Crippen LogP contribution in [0.15, 0.2) is 52.0 Å². The molecule has 1 saturated carbocycles. The molecule has 0 aliphatic heterocycles. The number of hydrogen-bond donors (Lipinski definition) is 1. The van der Waals surface area contributed by atoms with E-state index in [1.807, 2.05) is 37.3 Å². The Hall–Kier alpha value is -1.97. The minimum Gasteiger partial charge on any atom is -0.509 e. The van der Waals surface area contributed by atoms with Gasteiger partial charge in [-0.2, -0.15) is 5.11 Å². The molecular formula is C17H20N2O2. The highest BCUT2D eigenvalue weighted by atomic mass is 16.3. The molecule has 2 aliphatic carbocycles. The number of allylic oxidation sites excluding steroid dienone is 2. The number of fused-ring (bicyclic) bond motifs is 2. The Morgan fingerprint density at radius 3 is 2.48 bits per heavy atom. The predicted molar refractivity (Wildman–Crippen MR) is 80.2 cm³/mol. The normalized spacial score (nSPS) is 31.2. The summed E-state index contributed by atoms with van der Waals surface area (Å²) >= 11 is 0. The number of rotatable bonds is 2. The number of azo groups is 1. The molecule has 1 aromatic rings. The van der Waals surface area contributed by atoms with Crippen LogP contribution in [0.3, 0.4) is 0 Å². The fourth-order valence-electron chi connectivity index (χ4n) is 3.63. The second kappa shape index (κ2) is 4.52. The van der Waals surface area contributed by atoms with Gasteiger partial charge in [-0.1, -0.05) is 39.0 Å². The molecule has 0 aromatic heterocycles. The summed E-state index contributed by atoms with van der Waals surface area (Å²) in [5.41, 5.74) is 0.187. The van der Waals surface area contributed by atoms with E-state index in [1.54, 1.807) is 0 Å². The van der Waals surface area contributed by atoms with Crippen LogP contribution in [-0.4, -0.2) is 10.9 Å². The number of aliphatic hydroxyl groups excluding tert-OH is 1. The van der Waals surface area contributed by atoms with Crippen molar-refractivity contribution in [2.24, 2.45) is 27.0 Å². The van der Waals surface area contributed by atoms with Crippen LogP contribution in [0.5, 0.6) is 0 Å². The van der Waals surface area contributed by atoms with Gasteiger partial charge in [0.25, 0.3) is 0 Å². The highest BCUT2D eigenvalue weighted by Crippen LogP contribution is 2.63. The van der Waals surface area contributed by atoms with Gasteiger partial charge in [-0.15, -0.1) is 5.11 Å². The van der Waals surface area contributed by atoms with E-state index >= 15 is 0 Å². The van der Waals surface area contributed by atoms with E-state index in [0.717, 1.165) is 12.8 Å². The molecule has 2 aliphatic rings. The number of aliphatic hydroxyl groups is 1. The number of benzene rings is 1. The van der Waals surface area contributed by atoms with Gasteiger partial charge in [-0.25, -0.2) is 0 Å². The first kappa shape index (κ1) is 14.0. The lowest BCUT2D eigenvalue weighted by molar-refractivity contribution is -0.125. The molecule has 4 heteroatoms. The lowest BCUT2D eigenvalue weighted by atomic mass is 9.60. The van der Waals surface area contributed by atoms with Crippen LogP contribution in [0.4, 0.5) is 5.69 Å². The minimum atomic E-state index is -0.392. The van der Waals surface area contributed by atoms with Crippen molar-refractivity contribution >= 4 is 11.5 Å². The van der Waals surface area contributed by atoms with Crippen molar-refractivity contribution in [3.63, 3.8) is 0 Å². The Bertz CT molecular complexity index is 646. The van der Waals surface area contributed by atoms with Crippen molar-refractivity contribution in [3.8, 4) is 0 Å². The zero-order chi connectivity index (χ0) is 15.3. The summed E-state index contributed by atoms with van der Waals surface area (Å²) in [5, 5.41) is 18.8. The quantitative estimate of drug-likeness (QED) is 0.809. The van der Waals surface area contributed by atoms with E-state index in [4.69, 9.17) is 0 Å². The molecule has 1 aromatic carbocycles. The van der Waals surface area contributed by atoms with Gasteiger partial charge >= 0.3 is 0 Å². The average molecular weight is 284 g/mol. The van der Waals surface area contributed by atoms with Crippen molar-refractivity contribution < 1.29 is 9.90 Å². The average Bonchev–Trinajstić information content (AvgIpc) is 2.65. The molecule has 1 N–H and O–H groups in total. The zero-order valence-electron chi connectivity index (χ0n) is 12.6. The number of Topliss-reactive ketones (excluding diaryl/α,β-unsaturated/α-hetero) is 1. The van der Waals surface area contributed by atoms with Crippen LogP contribution in [0.2, 0.25) is 0 Å². The van der Waals surface area contributed by atoms with Gasteiger partial charge in [0.2, 0.25) is 0 Å². The maximum Gasteiger partial charge on any atom is 0.190 e. The van der Waals surface area contributed by atoms with Gasteiger partial charge in [0.1, 0.15) is 5.76 Å². The maximum atomic E-state index is 12.6. The molecule has 1 fully saturated rings. The summed E-state index contributed by atoms with van der Waals surface area (Å²) in [4.78, 5) is 12.6. The molecule has 0 saturated heterocycles. The maximum absolute atomic E-state index is 12.6. The van der Waals surface area contributed by atoms with Crippen molar-refractivity contribution in [2.45, 2.75) is 33.6 Å². The number of carbonyl (C=O) groups is 1. The molecule has 0 radical (unpaired) electrons. The van der Waals surface area contributed by atoms with E-state index in [0.29, 0.717) is 5.69 Å². The van der Waals surface area contributed by atoms with Crippen LogP contribution in [0.25, 0.3) is 0 Å². The van der Waals surface area contributed by atoms with E-state index in [1.165, 1.54) is 0 Å². The molecule has 0 amide bonds. The molecule has 21 heavy (non-hydrogen) atoms. The van der Waals surface area contributed by atoms with Crippen LogP contribution in [0.1, 0.15) is 33.6 Å². The standard InChI is InChI=1S/C17H20N2O2/c1-16(2)12-9-10-17(16,3)15(21)13(14(12)20)19-18-11-7-5-4-6-8-11/h4-8,12,21H,9-10H2,1-3H3. The molecular weight excluding hydrogens is 264 g/mol. The first-order chi connectivity index (χ1) is 9.88. The van der Waals surface area contributed by atoms with Crippen molar-refractivity contribution in [3.05, 3.63) is 41.8 Å².